The fourth-order valence-electron chi connectivity index (χ4n) is 4.30. The van der Waals surface area contributed by atoms with Crippen molar-refractivity contribution in [3.05, 3.63) is 70.9 Å². The Labute approximate surface area is 181 Å². The first-order valence-corrected chi connectivity index (χ1v) is 10.2. The zero-order valence-electron chi connectivity index (χ0n) is 16.2. The summed E-state index contributed by atoms with van der Waals surface area (Å²) < 4.78 is 13.9. The standard InChI is InChI=1S/C23H15ClFN5O/c24-17-9-20-13(7-18(17)25)3-4-30(20)23-16-6-12(1-2-19(16)27-11-28-23)15-5-14-8-21(31)29-22(14)26-10-15/h1-2,5-7,9-11H,3-4,8H2,(H,26,29,31). The van der Waals surface area contributed by atoms with E-state index in [4.69, 9.17) is 11.6 Å². The van der Waals surface area contributed by atoms with Crippen molar-refractivity contribution in [1.82, 2.24) is 15.0 Å². The van der Waals surface area contributed by atoms with Crippen LogP contribution in [0.25, 0.3) is 22.0 Å². The number of pyridine rings is 1. The molecule has 0 aliphatic carbocycles. The molecular weight excluding hydrogens is 417 g/mol. The molecule has 1 N–H and O–H groups in total. The van der Waals surface area contributed by atoms with Crippen molar-refractivity contribution in [3.8, 4) is 11.1 Å². The SMILES string of the molecule is O=C1Cc2cc(-c3ccc4ncnc(N5CCc6cc(F)c(Cl)cc65)c4c3)cnc2N1. The van der Waals surface area contributed by atoms with Crippen molar-refractivity contribution in [2.45, 2.75) is 12.8 Å². The number of hydrogen-bond donors (Lipinski definition) is 1. The first-order valence-electron chi connectivity index (χ1n) is 9.86. The van der Waals surface area contributed by atoms with E-state index in [1.54, 1.807) is 12.3 Å². The highest BCUT2D eigenvalue weighted by Crippen LogP contribution is 2.39. The highest BCUT2D eigenvalue weighted by atomic mass is 35.5. The van der Waals surface area contributed by atoms with E-state index in [0.717, 1.165) is 44.7 Å². The molecule has 0 radical (unpaired) electrons. The fourth-order valence-corrected chi connectivity index (χ4v) is 4.46. The minimum Gasteiger partial charge on any atom is -0.325 e. The van der Waals surface area contributed by atoms with Crippen LogP contribution in [0.15, 0.2) is 48.9 Å². The molecule has 0 atom stereocenters. The average Bonchev–Trinajstić information content (AvgIpc) is 3.34. The van der Waals surface area contributed by atoms with E-state index < -0.39 is 5.82 Å². The van der Waals surface area contributed by atoms with Gasteiger partial charge in [0.25, 0.3) is 0 Å². The summed E-state index contributed by atoms with van der Waals surface area (Å²) in [6, 6.07) is 11.1. The average molecular weight is 432 g/mol. The van der Waals surface area contributed by atoms with Crippen molar-refractivity contribution < 1.29 is 9.18 Å². The minimum atomic E-state index is -0.408. The van der Waals surface area contributed by atoms with E-state index in [2.05, 4.69) is 25.2 Å². The first kappa shape index (κ1) is 18.2. The second-order valence-corrected chi connectivity index (χ2v) is 8.09. The highest BCUT2D eigenvalue weighted by molar-refractivity contribution is 6.31. The molecule has 2 aliphatic rings. The molecule has 6 rings (SSSR count). The number of rotatable bonds is 2. The smallest absolute Gasteiger partial charge is 0.230 e. The molecule has 2 aromatic heterocycles. The molecule has 0 spiro atoms. The fraction of sp³-hybridized carbons (Fsp3) is 0.130. The normalized spacial score (nSPS) is 14.6. The highest BCUT2D eigenvalue weighted by Gasteiger charge is 2.25. The van der Waals surface area contributed by atoms with E-state index in [0.29, 0.717) is 25.2 Å². The number of nitrogens with one attached hydrogen (secondary N) is 1. The van der Waals surface area contributed by atoms with Crippen LogP contribution in [-0.4, -0.2) is 27.4 Å². The van der Waals surface area contributed by atoms with Crippen LogP contribution in [0.3, 0.4) is 0 Å². The quantitative estimate of drug-likeness (QED) is 0.499. The van der Waals surface area contributed by atoms with Gasteiger partial charge in [0, 0.05) is 34.9 Å². The maximum atomic E-state index is 13.9. The van der Waals surface area contributed by atoms with Crippen LogP contribution in [-0.2, 0) is 17.6 Å². The van der Waals surface area contributed by atoms with Crippen molar-refractivity contribution in [2.24, 2.45) is 0 Å². The molecule has 2 aliphatic heterocycles. The Balaban J connectivity index is 1.47. The lowest BCUT2D eigenvalue weighted by Crippen LogP contribution is -2.15. The lowest BCUT2D eigenvalue weighted by atomic mass is 10.0. The number of fused-ring (bicyclic) bond motifs is 3. The van der Waals surface area contributed by atoms with Gasteiger partial charge in [-0.05, 0) is 47.9 Å². The Morgan fingerprint density at radius 2 is 1.94 bits per heavy atom. The van der Waals surface area contributed by atoms with Crippen LogP contribution in [0.5, 0.6) is 0 Å². The molecule has 8 heteroatoms. The molecular formula is C23H15ClFN5O. The zero-order chi connectivity index (χ0) is 21.1. The number of hydrogen-bond acceptors (Lipinski definition) is 5. The van der Waals surface area contributed by atoms with Crippen molar-refractivity contribution in [2.75, 3.05) is 16.8 Å². The lowest BCUT2D eigenvalue weighted by molar-refractivity contribution is -0.115. The van der Waals surface area contributed by atoms with Gasteiger partial charge < -0.3 is 10.2 Å². The third-order valence-electron chi connectivity index (χ3n) is 5.80. The third-order valence-corrected chi connectivity index (χ3v) is 6.09. The molecule has 0 bridgehead atoms. The molecule has 4 heterocycles. The summed E-state index contributed by atoms with van der Waals surface area (Å²) in [6.45, 7) is 0.680. The van der Waals surface area contributed by atoms with Crippen LogP contribution < -0.4 is 10.2 Å². The van der Waals surface area contributed by atoms with Crippen molar-refractivity contribution in [1.29, 1.82) is 0 Å². The summed E-state index contributed by atoms with van der Waals surface area (Å²) in [7, 11) is 0. The lowest BCUT2D eigenvalue weighted by Gasteiger charge is -2.20. The van der Waals surface area contributed by atoms with Crippen LogP contribution in [0.2, 0.25) is 5.02 Å². The number of benzene rings is 2. The summed E-state index contributed by atoms with van der Waals surface area (Å²) in [5.41, 5.74) is 5.33. The third kappa shape index (κ3) is 2.92. The van der Waals surface area contributed by atoms with E-state index in [9.17, 15) is 9.18 Å². The molecule has 0 unspecified atom stereocenters. The molecule has 2 aromatic carbocycles. The number of anilines is 3. The number of nitrogens with zero attached hydrogens (tertiary/aromatic N) is 4. The Kier molecular flexibility index (Phi) is 3.94. The summed E-state index contributed by atoms with van der Waals surface area (Å²) in [4.78, 5) is 27.1. The molecule has 0 fully saturated rings. The van der Waals surface area contributed by atoms with Crippen LogP contribution >= 0.6 is 11.6 Å². The van der Waals surface area contributed by atoms with Gasteiger partial charge in [-0.25, -0.2) is 19.3 Å². The molecule has 4 aromatic rings. The molecule has 0 saturated carbocycles. The van der Waals surface area contributed by atoms with Crippen LogP contribution in [0.4, 0.5) is 21.7 Å². The number of aromatic nitrogens is 3. The van der Waals surface area contributed by atoms with E-state index >= 15 is 0 Å². The van der Waals surface area contributed by atoms with Gasteiger partial charge in [0.05, 0.1) is 17.0 Å². The van der Waals surface area contributed by atoms with Gasteiger partial charge in [-0.15, -0.1) is 0 Å². The van der Waals surface area contributed by atoms with Gasteiger partial charge >= 0.3 is 0 Å². The first-order chi connectivity index (χ1) is 15.1. The predicted octanol–water partition coefficient (Wildman–Crippen LogP) is 4.67. The molecule has 0 saturated heterocycles. The maximum Gasteiger partial charge on any atom is 0.230 e. The minimum absolute atomic E-state index is 0.0448. The second kappa shape index (κ2) is 6.72. The number of carbonyl (C=O) groups excluding carboxylic acids is 1. The number of amides is 1. The monoisotopic (exact) mass is 431 g/mol. The van der Waals surface area contributed by atoms with Crippen LogP contribution in [0, 0.1) is 5.82 Å². The Bertz CT molecular complexity index is 1410. The predicted molar refractivity (Wildman–Crippen MR) is 117 cm³/mol. The van der Waals surface area contributed by atoms with Gasteiger partial charge in [0.2, 0.25) is 5.91 Å². The Hall–Kier alpha value is -3.58. The summed E-state index contributed by atoms with van der Waals surface area (Å²) in [5.74, 6) is 0.918. The summed E-state index contributed by atoms with van der Waals surface area (Å²) >= 11 is 6.05. The Morgan fingerprint density at radius 3 is 2.84 bits per heavy atom. The maximum absolute atomic E-state index is 13.9. The van der Waals surface area contributed by atoms with E-state index in [1.807, 2.05) is 24.3 Å². The molecule has 31 heavy (non-hydrogen) atoms. The molecule has 152 valence electrons. The Morgan fingerprint density at radius 1 is 1.03 bits per heavy atom. The zero-order valence-corrected chi connectivity index (χ0v) is 16.9. The number of carbonyl (C=O) groups is 1. The van der Waals surface area contributed by atoms with Gasteiger partial charge in [-0.2, -0.15) is 0 Å². The summed E-state index contributed by atoms with van der Waals surface area (Å²) in [6.07, 6.45) is 4.34. The second-order valence-electron chi connectivity index (χ2n) is 7.68. The topological polar surface area (TPSA) is 71.0 Å². The largest absolute Gasteiger partial charge is 0.325 e. The van der Waals surface area contributed by atoms with Crippen molar-refractivity contribution >= 4 is 45.7 Å². The molecule has 6 nitrogen and oxygen atoms in total. The van der Waals surface area contributed by atoms with Gasteiger partial charge in [-0.1, -0.05) is 17.7 Å². The van der Waals surface area contributed by atoms with Gasteiger partial charge in [0.15, 0.2) is 0 Å². The van der Waals surface area contributed by atoms with Gasteiger partial charge in [0.1, 0.15) is 23.8 Å². The number of halogens is 2. The van der Waals surface area contributed by atoms with Gasteiger partial charge in [-0.3, -0.25) is 4.79 Å². The van der Waals surface area contributed by atoms with Crippen LogP contribution in [0.1, 0.15) is 11.1 Å². The summed E-state index contributed by atoms with van der Waals surface area (Å²) in [5, 5.41) is 3.73. The van der Waals surface area contributed by atoms with E-state index in [1.165, 1.54) is 12.4 Å². The molecule has 1 amide bonds. The van der Waals surface area contributed by atoms with E-state index in [-0.39, 0.29) is 10.9 Å². The van der Waals surface area contributed by atoms with Crippen molar-refractivity contribution in [3.63, 3.8) is 0 Å².